The lowest BCUT2D eigenvalue weighted by Gasteiger charge is -2.30. The van der Waals surface area contributed by atoms with Gasteiger partial charge in [-0.15, -0.1) is 0 Å². The Kier molecular flexibility index (Phi) is 5.24. The molecule has 0 aromatic carbocycles. The summed E-state index contributed by atoms with van der Waals surface area (Å²) in [6.07, 6.45) is 4.74. The first kappa shape index (κ1) is 12.8. The van der Waals surface area contributed by atoms with Gasteiger partial charge >= 0.3 is 0 Å². The SMILES string of the molecule is N#CC1CCCCC1NCCN1CCOCC1. The maximum Gasteiger partial charge on any atom is 0.0672 e. The fraction of sp³-hybridized carbons (Fsp3) is 0.923. The van der Waals surface area contributed by atoms with Crippen molar-refractivity contribution in [2.75, 3.05) is 39.4 Å². The Labute approximate surface area is 104 Å². The number of morpholine rings is 1. The molecule has 0 amide bonds. The van der Waals surface area contributed by atoms with Gasteiger partial charge in [0, 0.05) is 32.2 Å². The first-order chi connectivity index (χ1) is 8.40. The average Bonchev–Trinajstić information content (AvgIpc) is 2.40. The number of rotatable bonds is 4. The molecular weight excluding hydrogens is 214 g/mol. The zero-order valence-electron chi connectivity index (χ0n) is 10.5. The lowest BCUT2D eigenvalue weighted by Crippen LogP contribution is -2.44. The van der Waals surface area contributed by atoms with Crippen molar-refractivity contribution in [3.05, 3.63) is 0 Å². The van der Waals surface area contributed by atoms with Gasteiger partial charge in [-0.3, -0.25) is 4.90 Å². The van der Waals surface area contributed by atoms with Crippen molar-refractivity contribution in [3.8, 4) is 6.07 Å². The smallest absolute Gasteiger partial charge is 0.0672 e. The molecule has 2 unspecified atom stereocenters. The van der Waals surface area contributed by atoms with Crippen LogP contribution >= 0.6 is 0 Å². The Hall–Kier alpha value is -0.630. The number of nitriles is 1. The minimum atomic E-state index is 0.230. The normalized spacial score (nSPS) is 31.0. The largest absolute Gasteiger partial charge is 0.379 e. The third-order valence-electron chi connectivity index (χ3n) is 3.87. The van der Waals surface area contributed by atoms with E-state index in [0.29, 0.717) is 6.04 Å². The Bertz CT molecular complexity index is 258. The molecule has 96 valence electrons. The fourth-order valence-electron chi connectivity index (χ4n) is 2.76. The number of hydrogen-bond donors (Lipinski definition) is 1. The summed E-state index contributed by atoms with van der Waals surface area (Å²) in [6.45, 7) is 5.91. The summed E-state index contributed by atoms with van der Waals surface area (Å²) in [5, 5.41) is 12.7. The molecule has 1 saturated heterocycles. The van der Waals surface area contributed by atoms with Crippen LogP contribution in [-0.2, 0) is 4.74 Å². The van der Waals surface area contributed by atoms with E-state index in [-0.39, 0.29) is 5.92 Å². The highest BCUT2D eigenvalue weighted by atomic mass is 16.5. The minimum Gasteiger partial charge on any atom is -0.379 e. The van der Waals surface area contributed by atoms with E-state index >= 15 is 0 Å². The van der Waals surface area contributed by atoms with E-state index < -0.39 is 0 Å². The van der Waals surface area contributed by atoms with Crippen molar-refractivity contribution in [3.63, 3.8) is 0 Å². The van der Waals surface area contributed by atoms with Gasteiger partial charge in [-0.2, -0.15) is 5.26 Å². The van der Waals surface area contributed by atoms with Crippen LogP contribution in [0.5, 0.6) is 0 Å². The number of ether oxygens (including phenoxy) is 1. The van der Waals surface area contributed by atoms with Crippen molar-refractivity contribution in [2.45, 2.75) is 31.7 Å². The summed E-state index contributed by atoms with van der Waals surface area (Å²) in [7, 11) is 0. The van der Waals surface area contributed by atoms with Crippen LogP contribution in [0.25, 0.3) is 0 Å². The molecule has 0 aromatic heterocycles. The minimum absolute atomic E-state index is 0.230. The van der Waals surface area contributed by atoms with Crippen molar-refractivity contribution in [2.24, 2.45) is 5.92 Å². The third-order valence-corrected chi connectivity index (χ3v) is 3.87. The third kappa shape index (κ3) is 3.95. The average molecular weight is 237 g/mol. The quantitative estimate of drug-likeness (QED) is 0.792. The highest BCUT2D eigenvalue weighted by Crippen LogP contribution is 2.23. The highest BCUT2D eigenvalue weighted by molar-refractivity contribution is 4.94. The molecule has 1 saturated carbocycles. The van der Waals surface area contributed by atoms with E-state index in [0.717, 1.165) is 45.8 Å². The van der Waals surface area contributed by atoms with Gasteiger partial charge in [-0.1, -0.05) is 12.8 Å². The molecule has 1 heterocycles. The summed E-state index contributed by atoms with van der Waals surface area (Å²) in [5.41, 5.74) is 0. The van der Waals surface area contributed by atoms with E-state index in [1.807, 2.05) is 0 Å². The predicted octanol–water partition coefficient (Wildman–Crippen LogP) is 0.991. The molecule has 0 bridgehead atoms. The number of hydrogen-bond acceptors (Lipinski definition) is 4. The lowest BCUT2D eigenvalue weighted by atomic mass is 9.85. The molecule has 2 rings (SSSR count). The van der Waals surface area contributed by atoms with Crippen LogP contribution in [0.1, 0.15) is 25.7 Å². The molecule has 2 atom stereocenters. The molecule has 4 heteroatoms. The maximum absolute atomic E-state index is 9.09. The summed E-state index contributed by atoms with van der Waals surface area (Å²) in [6, 6.07) is 2.87. The molecule has 0 aromatic rings. The van der Waals surface area contributed by atoms with Gasteiger partial charge in [0.15, 0.2) is 0 Å². The monoisotopic (exact) mass is 237 g/mol. The molecular formula is C13H23N3O. The Morgan fingerprint density at radius 1 is 1.24 bits per heavy atom. The van der Waals surface area contributed by atoms with Gasteiger partial charge < -0.3 is 10.1 Å². The summed E-state index contributed by atoms with van der Waals surface area (Å²) < 4.78 is 5.33. The van der Waals surface area contributed by atoms with E-state index in [4.69, 9.17) is 10.00 Å². The zero-order valence-corrected chi connectivity index (χ0v) is 10.5. The van der Waals surface area contributed by atoms with Crippen molar-refractivity contribution < 1.29 is 4.74 Å². The van der Waals surface area contributed by atoms with Crippen molar-refractivity contribution in [1.29, 1.82) is 5.26 Å². The first-order valence-corrected chi connectivity index (χ1v) is 6.83. The molecule has 1 N–H and O–H groups in total. The van der Waals surface area contributed by atoms with Gasteiger partial charge in [0.25, 0.3) is 0 Å². The Morgan fingerprint density at radius 2 is 2.00 bits per heavy atom. The van der Waals surface area contributed by atoms with E-state index in [1.54, 1.807) is 0 Å². The number of nitrogens with zero attached hydrogens (tertiary/aromatic N) is 2. The fourth-order valence-corrected chi connectivity index (χ4v) is 2.76. The topological polar surface area (TPSA) is 48.3 Å². The van der Waals surface area contributed by atoms with Crippen LogP contribution in [0.4, 0.5) is 0 Å². The highest BCUT2D eigenvalue weighted by Gasteiger charge is 2.24. The molecule has 1 aliphatic heterocycles. The molecule has 0 radical (unpaired) electrons. The number of nitrogens with one attached hydrogen (secondary N) is 1. The zero-order chi connectivity index (χ0) is 11.9. The Balaban J connectivity index is 1.64. The van der Waals surface area contributed by atoms with Gasteiger partial charge in [-0.05, 0) is 12.8 Å². The van der Waals surface area contributed by atoms with Crippen molar-refractivity contribution >= 4 is 0 Å². The Morgan fingerprint density at radius 3 is 2.76 bits per heavy atom. The molecule has 1 aliphatic carbocycles. The second-order valence-corrected chi connectivity index (χ2v) is 5.03. The first-order valence-electron chi connectivity index (χ1n) is 6.83. The molecule has 2 aliphatic rings. The van der Waals surface area contributed by atoms with Gasteiger partial charge in [-0.25, -0.2) is 0 Å². The van der Waals surface area contributed by atoms with Gasteiger partial charge in [0.05, 0.1) is 25.2 Å². The maximum atomic E-state index is 9.09. The van der Waals surface area contributed by atoms with Gasteiger partial charge in [0.2, 0.25) is 0 Å². The molecule has 4 nitrogen and oxygen atoms in total. The molecule has 2 fully saturated rings. The van der Waals surface area contributed by atoms with Crippen LogP contribution in [0.3, 0.4) is 0 Å². The van der Waals surface area contributed by atoms with Crippen LogP contribution in [0.2, 0.25) is 0 Å². The summed E-state index contributed by atoms with van der Waals surface area (Å²) >= 11 is 0. The second-order valence-electron chi connectivity index (χ2n) is 5.03. The predicted molar refractivity (Wildman–Crippen MR) is 66.6 cm³/mol. The second kappa shape index (κ2) is 6.95. The van der Waals surface area contributed by atoms with Crippen LogP contribution in [0, 0.1) is 17.2 Å². The van der Waals surface area contributed by atoms with Crippen molar-refractivity contribution in [1.82, 2.24) is 10.2 Å². The van der Waals surface area contributed by atoms with Crippen LogP contribution in [0.15, 0.2) is 0 Å². The molecule has 17 heavy (non-hydrogen) atoms. The van der Waals surface area contributed by atoms with Crippen LogP contribution in [-0.4, -0.2) is 50.3 Å². The van der Waals surface area contributed by atoms with E-state index in [1.165, 1.54) is 19.3 Å². The van der Waals surface area contributed by atoms with Crippen LogP contribution < -0.4 is 5.32 Å². The summed E-state index contributed by atoms with van der Waals surface area (Å²) in [4.78, 5) is 2.43. The summed E-state index contributed by atoms with van der Waals surface area (Å²) in [5.74, 6) is 0.230. The lowest BCUT2D eigenvalue weighted by molar-refractivity contribution is 0.0378. The van der Waals surface area contributed by atoms with Gasteiger partial charge in [0.1, 0.15) is 0 Å². The molecule has 0 spiro atoms. The van der Waals surface area contributed by atoms with E-state index in [9.17, 15) is 0 Å². The van der Waals surface area contributed by atoms with E-state index in [2.05, 4.69) is 16.3 Å². The standard InChI is InChI=1S/C13H23N3O/c14-11-12-3-1-2-4-13(12)15-5-6-16-7-9-17-10-8-16/h12-13,15H,1-10H2.